The zero-order valence-corrected chi connectivity index (χ0v) is 10.9. The fourth-order valence-corrected chi connectivity index (χ4v) is 2.23. The van der Waals surface area contributed by atoms with Crippen LogP contribution in [0.2, 0.25) is 0 Å². The van der Waals surface area contributed by atoms with E-state index in [1.165, 1.54) is 13.1 Å². The third-order valence-electron chi connectivity index (χ3n) is 2.32. The molecule has 17 heavy (non-hydrogen) atoms. The first-order valence-corrected chi connectivity index (χ1v) is 5.73. The Balaban J connectivity index is 2.36. The number of amides is 1. The second-order valence-electron chi connectivity index (χ2n) is 3.35. The van der Waals surface area contributed by atoms with Crippen LogP contribution in [0.1, 0.15) is 0 Å². The summed E-state index contributed by atoms with van der Waals surface area (Å²) >= 11 is 1.95. The van der Waals surface area contributed by atoms with Crippen molar-refractivity contribution >= 4 is 34.2 Å². The number of hydrogen-bond donors (Lipinski definition) is 0. The lowest BCUT2D eigenvalue weighted by molar-refractivity contribution is -0.128. The van der Waals surface area contributed by atoms with Gasteiger partial charge >= 0.3 is 6.43 Å². The zero-order chi connectivity index (χ0) is 12.6. The molecular weight excluding hydrogens is 347 g/mol. The first kappa shape index (κ1) is 12.3. The highest BCUT2D eigenvalue weighted by molar-refractivity contribution is 14.1. The number of hydrogen-bond acceptors (Lipinski definition) is 3. The fourth-order valence-electron chi connectivity index (χ4n) is 1.43. The van der Waals surface area contributed by atoms with E-state index < -0.39 is 12.3 Å². The van der Waals surface area contributed by atoms with Gasteiger partial charge in [0.1, 0.15) is 0 Å². The van der Waals surface area contributed by atoms with Crippen molar-refractivity contribution in [3.05, 3.63) is 15.7 Å². The van der Waals surface area contributed by atoms with E-state index in [2.05, 4.69) is 0 Å². The summed E-state index contributed by atoms with van der Waals surface area (Å²) in [5, 5.41) is 0. The van der Waals surface area contributed by atoms with Gasteiger partial charge in [0.05, 0.1) is 5.69 Å². The van der Waals surface area contributed by atoms with Crippen molar-refractivity contribution in [2.45, 2.75) is 6.43 Å². The molecule has 1 aliphatic heterocycles. The summed E-state index contributed by atoms with van der Waals surface area (Å²) in [5.41, 5.74) is 0.375. The monoisotopic (exact) mass is 355 g/mol. The van der Waals surface area contributed by atoms with E-state index in [1.54, 1.807) is 6.07 Å². The Morgan fingerprint density at radius 1 is 1.41 bits per heavy atom. The lowest BCUT2D eigenvalue weighted by atomic mass is 10.2. The maximum atomic E-state index is 12.3. The van der Waals surface area contributed by atoms with Crippen LogP contribution in [-0.2, 0) is 4.79 Å². The molecule has 4 nitrogen and oxygen atoms in total. The Morgan fingerprint density at radius 2 is 2.00 bits per heavy atom. The number of benzene rings is 1. The van der Waals surface area contributed by atoms with Gasteiger partial charge < -0.3 is 14.4 Å². The smallest absolute Gasteiger partial charge is 0.316 e. The first-order chi connectivity index (χ1) is 8.00. The zero-order valence-electron chi connectivity index (χ0n) is 8.75. The molecule has 0 aliphatic carbocycles. The molecule has 0 aromatic heterocycles. The SMILES string of the molecule is CN(C(=O)C(F)F)c1cc2c(cc1I)OCO2. The number of alkyl halides is 2. The molecule has 1 aliphatic rings. The average Bonchev–Trinajstić information content (AvgIpc) is 2.72. The van der Waals surface area contributed by atoms with Crippen molar-refractivity contribution in [1.29, 1.82) is 0 Å². The lowest BCUT2D eigenvalue weighted by Gasteiger charge is -2.18. The van der Waals surface area contributed by atoms with E-state index in [1.807, 2.05) is 22.6 Å². The number of rotatable bonds is 2. The van der Waals surface area contributed by atoms with Gasteiger partial charge in [-0.15, -0.1) is 0 Å². The minimum Gasteiger partial charge on any atom is -0.454 e. The molecule has 0 saturated carbocycles. The summed E-state index contributed by atoms with van der Waals surface area (Å²) in [7, 11) is 1.30. The Morgan fingerprint density at radius 3 is 2.59 bits per heavy atom. The van der Waals surface area contributed by atoms with Gasteiger partial charge in [-0.05, 0) is 28.7 Å². The number of nitrogens with zero attached hydrogens (tertiary/aromatic N) is 1. The molecular formula is C10H8F2INO3. The number of anilines is 1. The van der Waals surface area contributed by atoms with Crippen molar-refractivity contribution in [1.82, 2.24) is 0 Å². The van der Waals surface area contributed by atoms with E-state index in [0.29, 0.717) is 20.8 Å². The van der Waals surface area contributed by atoms with Gasteiger partial charge in [0, 0.05) is 16.7 Å². The maximum Gasteiger partial charge on any atom is 0.316 e. The maximum absolute atomic E-state index is 12.3. The van der Waals surface area contributed by atoms with Crippen LogP contribution >= 0.6 is 22.6 Å². The molecule has 0 bridgehead atoms. The highest BCUT2D eigenvalue weighted by atomic mass is 127. The molecule has 0 N–H and O–H groups in total. The quantitative estimate of drug-likeness (QED) is 0.764. The Labute approximate surface area is 110 Å². The predicted octanol–water partition coefficient (Wildman–Crippen LogP) is 2.25. The summed E-state index contributed by atoms with van der Waals surface area (Å²) in [6, 6.07) is 3.16. The van der Waals surface area contributed by atoms with Crippen LogP contribution in [0.3, 0.4) is 0 Å². The van der Waals surface area contributed by atoms with Gasteiger partial charge in [0.25, 0.3) is 5.91 Å². The van der Waals surface area contributed by atoms with Crippen molar-refractivity contribution < 1.29 is 23.0 Å². The van der Waals surface area contributed by atoms with Crippen molar-refractivity contribution in [2.24, 2.45) is 0 Å². The molecule has 0 saturated heterocycles. The second kappa shape index (κ2) is 4.63. The van der Waals surface area contributed by atoms with Crippen LogP contribution in [0.5, 0.6) is 11.5 Å². The normalized spacial score (nSPS) is 13.0. The summed E-state index contributed by atoms with van der Waals surface area (Å²) in [6.45, 7) is 0.0986. The lowest BCUT2D eigenvalue weighted by Crippen LogP contribution is -2.32. The third-order valence-corrected chi connectivity index (χ3v) is 3.18. The first-order valence-electron chi connectivity index (χ1n) is 4.65. The molecule has 0 unspecified atom stereocenters. The summed E-state index contributed by atoms with van der Waals surface area (Å²) in [5.74, 6) is -0.243. The number of halogens is 3. The van der Waals surface area contributed by atoms with E-state index in [4.69, 9.17) is 9.47 Å². The van der Waals surface area contributed by atoms with Crippen LogP contribution in [0, 0.1) is 3.57 Å². The molecule has 1 amide bonds. The molecule has 0 atom stereocenters. The Kier molecular flexibility index (Phi) is 3.36. The predicted molar refractivity (Wildman–Crippen MR) is 64.7 cm³/mol. The van der Waals surface area contributed by atoms with Gasteiger partial charge in [-0.2, -0.15) is 8.78 Å². The van der Waals surface area contributed by atoms with Crippen molar-refractivity contribution in [2.75, 3.05) is 18.7 Å². The van der Waals surface area contributed by atoms with Crippen LogP contribution in [0.4, 0.5) is 14.5 Å². The van der Waals surface area contributed by atoms with E-state index in [9.17, 15) is 13.6 Å². The molecule has 92 valence electrons. The van der Waals surface area contributed by atoms with Crippen molar-refractivity contribution in [3.63, 3.8) is 0 Å². The fraction of sp³-hybridized carbons (Fsp3) is 0.300. The third kappa shape index (κ3) is 2.28. The molecule has 1 aromatic rings. The largest absolute Gasteiger partial charge is 0.454 e. The van der Waals surface area contributed by atoms with E-state index in [0.717, 1.165) is 4.90 Å². The average molecular weight is 355 g/mol. The molecule has 7 heteroatoms. The number of carbonyl (C=O) groups excluding carboxylic acids is 1. The highest BCUT2D eigenvalue weighted by Crippen LogP contribution is 2.38. The number of fused-ring (bicyclic) bond motifs is 1. The van der Waals surface area contributed by atoms with Crippen LogP contribution < -0.4 is 14.4 Å². The van der Waals surface area contributed by atoms with Gasteiger partial charge in [0.2, 0.25) is 6.79 Å². The molecule has 1 aromatic carbocycles. The minimum absolute atomic E-state index is 0.0986. The van der Waals surface area contributed by atoms with Gasteiger partial charge in [-0.1, -0.05) is 0 Å². The van der Waals surface area contributed by atoms with Crippen LogP contribution in [0.25, 0.3) is 0 Å². The summed E-state index contributed by atoms with van der Waals surface area (Å²) in [4.78, 5) is 12.1. The summed E-state index contributed by atoms with van der Waals surface area (Å²) in [6.07, 6.45) is -3.03. The number of ether oxygens (including phenoxy) is 2. The van der Waals surface area contributed by atoms with Crippen LogP contribution in [-0.4, -0.2) is 26.2 Å². The topological polar surface area (TPSA) is 38.8 Å². The molecule has 0 fully saturated rings. The van der Waals surface area contributed by atoms with Crippen molar-refractivity contribution in [3.8, 4) is 11.5 Å². The van der Waals surface area contributed by atoms with Gasteiger partial charge in [0.15, 0.2) is 11.5 Å². The van der Waals surface area contributed by atoms with E-state index >= 15 is 0 Å². The molecule has 0 spiro atoms. The Hall–Kier alpha value is -1.12. The van der Waals surface area contributed by atoms with Gasteiger partial charge in [-0.25, -0.2) is 0 Å². The second-order valence-corrected chi connectivity index (χ2v) is 4.52. The molecule has 2 rings (SSSR count). The van der Waals surface area contributed by atoms with E-state index in [-0.39, 0.29) is 6.79 Å². The molecule has 1 heterocycles. The minimum atomic E-state index is -3.03. The summed E-state index contributed by atoms with van der Waals surface area (Å²) < 4.78 is 35.6. The standard InChI is InChI=1S/C10H8F2INO3/c1-14(10(15)9(11)12)6-3-8-7(2-5(6)13)16-4-17-8/h2-3,9H,4H2,1H3. The van der Waals surface area contributed by atoms with Gasteiger partial charge in [-0.3, -0.25) is 4.79 Å². The van der Waals surface area contributed by atoms with Crippen LogP contribution in [0.15, 0.2) is 12.1 Å². The number of carbonyl (C=O) groups is 1. The molecule has 0 radical (unpaired) electrons. The Bertz CT molecular complexity index is 467. The highest BCUT2D eigenvalue weighted by Gasteiger charge is 2.25.